The van der Waals surface area contributed by atoms with E-state index in [9.17, 15) is 23.3 Å². The number of nitro groups is 1. The number of rotatable bonds is 5. The molecule has 4 rings (SSSR count). The zero-order valence-electron chi connectivity index (χ0n) is 15.7. The second kappa shape index (κ2) is 7.23. The van der Waals surface area contributed by atoms with Gasteiger partial charge < -0.3 is 5.32 Å². The number of ketones is 1. The highest BCUT2D eigenvalue weighted by Gasteiger charge is 2.46. The van der Waals surface area contributed by atoms with Crippen LogP contribution in [0.4, 0.5) is 11.4 Å². The molecule has 1 aliphatic carbocycles. The lowest BCUT2D eigenvalue weighted by Crippen LogP contribution is -2.53. The summed E-state index contributed by atoms with van der Waals surface area (Å²) in [4.78, 5) is 23.3. The van der Waals surface area contributed by atoms with E-state index in [0.717, 1.165) is 49.2 Å². The highest BCUT2D eigenvalue weighted by molar-refractivity contribution is 7.89. The largest absolute Gasteiger partial charge is 0.384 e. The maximum Gasteiger partial charge on any atom is 0.269 e. The zero-order valence-corrected chi connectivity index (χ0v) is 16.5. The van der Waals surface area contributed by atoms with E-state index < -0.39 is 20.5 Å². The number of fused-ring (bicyclic) bond motifs is 1. The first-order valence-corrected chi connectivity index (χ1v) is 11.0. The molecule has 2 aromatic carbocycles. The van der Waals surface area contributed by atoms with E-state index in [1.54, 1.807) is 6.07 Å². The van der Waals surface area contributed by atoms with E-state index in [4.69, 9.17) is 0 Å². The van der Waals surface area contributed by atoms with E-state index in [2.05, 4.69) is 10.0 Å². The van der Waals surface area contributed by atoms with Gasteiger partial charge >= 0.3 is 0 Å². The molecule has 0 spiro atoms. The maximum absolute atomic E-state index is 13.2. The van der Waals surface area contributed by atoms with Gasteiger partial charge in [-0.3, -0.25) is 14.9 Å². The first-order valence-electron chi connectivity index (χ1n) is 9.51. The van der Waals surface area contributed by atoms with Crippen LogP contribution in [0.3, 0.4) is 0 Å². The molecule has 152 valence electrons. The van der Waals surface area contributed by atoms with Crippen molar-refractivity contribution in [3.05, 3.63) is 63.7 Å². The molecular weight excluding hydrogens is 394 g/mol. The van der Waals surface area contributed by atoms with Gasteiger partial charge in [-0.15, -0.1) is 0 Å². The van der Waals surface area contributed by atoms with Crippen LogP contribution in [0.2, 0.25) is 0 Å². The van der Waals surface area contributed by atoms with E-state index >= 15 is 0 Å². The molecule has 29 heavy (non-hydrogen) atoms. The van der Waals surface area contributed by atoms with E-state index in [0.29, 0.717) is 18.4 Å². The number of para-hydroxylation sites is 1. The molecule has 2 N–H and O–H groups in total. The van der Waals surface area contributed by atoms with E-state index in [-0.39, 0.29) is 16.4 Å². The second-order valence-electron chi connectivity index (χ2n) is 7.41. The van der Waals surface area contributed by atoms with Crippen LogP contribution in [-0.2, 0) is 26.8 Å². The molecule has 1 aliphatic heterocycles. The van der Waals surface area contributed by atoms with Gasteiger partial charge in [0.15, 0.2) is 5.78 Å². The van der Waals surface area contributed by atoms with Crippen molar-refractivity contribution >= 4 is 27.2 Å². The number of carbonyl (C=O) groups excluding carboxylic acids is 1. The highest BCUT2D eigenvalue weighted by atomic mass is 32.2. The number of sulfonamides is 1. The van der Waals surface area contributed by atoms with E-state index in [1.165, 1.54) is 12.1 Å². The van der Waals surface area contributed by atoms with Gasteiger partial charge in [-0.25, -0.2) is 8.42 Å². The van der Waals surface area contributed by atoms with Crippen LogP contribution >= 0.6 is 0 Å². The lowest BCUT2D eigenvalue weighted by molar-refractivity contribution is -0.384. The fraction of sp³-hybridized carbons (Fsp3) is 0.350. The third-order valence-electron chi connectivity index (χ3n) is 5.65. The number of nitrogens with one attached hydrogen (secondary N) is 2. The fourth-order valence-corrected chi connectivity index (χ4v) is 5.60. The van der Waals surface area contributed by atoms with E-state index in [1.807, 2.05) is 12.1 Å². The number of anilines is 1. The summed E-state index contributed by atoms with van der Waals surface area (Å²) in [5.41, 5.74) is 1.01. The van der Waals surface area contributed by atoms with Gasteiger partial charge in [0.05, 0.1) is 9.82 Å². The molecule has 1 heterocycles. The van der Waals surface area contributed by atoms with Crippen molar-refractivity contribution in [3.63, 3.8) is 0 Å². The Labute approximate surface area is 168 Å². The van der Waals surface area contributed by atoms with Crippen molar-refractivity contribution in [1.82, 2.24) is 4.72 Å². The molecule has 1 fully saturated rings. The monoisotopic (exact) mass is 415 g/mol. The summed E-state index contributed by atoms with van der Waals surface area (Å²) in [6, 6.07) is 10.3. The van der Waals surface area contributed by atoms with Crippen molar-refractivity contribution in [3.8, 4) is 0 Å². The number of carbonyl (C=O) groups is 1. The van der Waals surface area contributed by atoms with Crippen LogP contribution in [0.1, 0.15) is 36.8 Å². The lowest BCUT2D eigenvalue weighted by atomic mass is 9.75. The zero-order chi connectivity index (χ0) is 20.6. The summed E-state index contributed by atoms with van der Waals surface area (Å²) in [6.45, 7) is 0.742. The van der Waals surface area contributed by atoms with Gasteiger partial charge in [-0.2, -0.15) is 4.72 Å². The Kier molecular flexibility index (Phi) is 4.87. The summed E-state index contributed by atoms with van der Waals surface area (Å²) < 4.78 is 29.0. The van der Waals surface area contributed by atoms with Crippen molar-refractivity contribution in [2.45, 2.75) is 42.5 Å². The smallest absolute Gasteiger partial charge is 0.269 e. The Bertz CT molecular complexity index is 1080. The lowest BCUT2D eigenvalue weighted by Gasteiger charge is -2.37. The van der Waals surface area contributed by atoms with Crippen molar-refractivity contribution in [2.24, 2.45) is 0 Å². The number of benzene rings is 2. The van der Waals surface area contributed by atoms with Crippen molar-refractivity contribution in [1.29, 1.82) is 0 Å². The van der Waals surface area contributed by atoms with Gasteiger partial charge in [0.1, 0.15) is 5.54 Å². The maximum atomic E-state index is 13.2. The molecule has 0 bridgehead atoms. The number of nitro benzene ring substituents is 1. The highest BCUT2D eigenvalue weighted by Crippen LogP contribution is 2.42. The van der Waals surface area contributed by atoms with Crippen LogP contribution in [0.5, 0.6) is 0 Å². The van der Waals surface area contributed by atoms with Gasteiger partial charge in [0.25, 0.3) is 5.69 Å². The molecule has 0 amide bonds. The van der Waals surface area contributed by atoms with Crippen molar-refractivity contribution in [2.75, 3.05) is 11.9 Å². The molecule has 0 unspecified atom stereocenters. The molecule has 2 aliphatic rings. The quantitative estimate of drug-likeness (QED) is 0.573. The summed E-state index contributed by atoms with van der Waals surface area (Å²) >= 11 is 0. The predicted molar refractivity (Wildman–Crippen MR) is 107 cm³/mol. The Morgan fingerprint density at radius 3 is 2.52 bits per heavy atom. The minimum atomic E-state index is -4.08. The van der Waals surface area contributed by atoms with Crippen molar-refractivity contribution < 1.29 is 18.1 Å². The van der Waals surface area contributed by atoms with Crippen LogP contribution in [0.25, 0.3) is 0 Å². The summed E-state index contributed by atoms with van der Waals surface area (Å²) in [5.74, 6) is -0.156. The molecular formula is C20H21N3O5S. The average molecular weight is 415 g/mol. The van der Waals surface area contributed by atoms with Crippen LogP contribution in [0, 0.1) is 10.1 Å². The van der Waals surface area contributed by atoms with Gasteiger partial charge in [-0.1, -0.05) is 24.6 Å². The molecule has 0 radical (unpaired) electrons. The SMILES string of the molecule is O=C1CCCC[C@@]1(NS(=O)(=O)c1ccc([N+](=O)[O-])cc1)c1cccc2c1NCC2. The first kappa shape index (κ1) is 19.5. The van der Waals surface area contributed by atoms with Crippen LogP contribution in [0.15, 0.2) is 47.4 Å². The Hall–Kier alpha value is -2.78. The standard InChI is InChI=1S/C20H21N3O5S/c24-18-6-1-2-12-20(18,17-5-3-4-14-11-13-21-19(14)17)22-29(27,28)16-9-7-15(8-10-16)23(25)26/h3-5,7-10,21-22H,1-2,6,11-13H2/t20-/m1/s1. The summed E-state index contributed by atoms with van der Waals surface area (Å²) in [6.07, 6.45) is 2.94. The minimum Gasteiger partial charge on any atom is -0.384 e. The molecule has 1 atom stereocenters. The number of non-ortho nitro benzene ring substituents is 1. The molecule has 1 saturated carbocycles. The molecule has 0 aromatic heterocycles. The second-order valence-corrected chi connectivity index (χ2v) is 9.09. The van der Waals surface area contributed by atoms with Gasteiger partial charge in [0, 0.05) is 36.3 Å². The Balaban J connectivity index is 1.78. The third-order valence-corrected chi connectivity index (χ3v) is 7.16. The normalized spacial score (nSPS) is 21.4. The number of hydrogen-bond donors (Lipinski definition) is 2. The Morgan fingerprint density at radius 1 is 1.07 bits per heavy atom. The molecule has 0 saturated heterocycles. The number of Topliss-reactive ketones (excluding diaryl/α,β-unsaturated/α-hetero) is 1. The predicted octanol–water partition coefficient (Wildman–Crippen LogP) is 2.88. The summed E-state index contributed by atoms with van der Waals surface area (Å²) in [5, 5.41) is 14.1. The van der Waals surface area contributed by atoms with Crippen LogP contribution < -0.4 is 10.0 Å². The average Bonchev–Trinajstić information content (AvgIpc) is 3.18. The third kappa shape index (κ3) is 3.40. The Morgan fingerprint density at radius 2 is 1.83 bits per heavy atom. The van der Waals surface area contributed by atoms with Gasteiger partial charge in [-0.05, 0) is 37.0 Å². The number of nitrogens with zero attached hydrogens (tertiary/aromatic N) is 1. The number of hydrogen-bond acceptors (Lipinski definition) is 6. The van der Waals surface area contributed by atoms with Crippen LogP contribution in [-0.4, -0.2) is 25.7 Å². The molecule has 2 aromatic rings. The topological polar surface area (TPSA) is 118 Å². The molecule has 9 heteroatoms. The van der Waals surface area contributed by atoms with Gasteiger partial charge in [0.2, 0.25) is 10.0 Å². The first-order chi connectivity index (χ1) is 13.8. The molecule has 8 nitrogen and oxygen atoms in total. The minimum absolute atomic E-state index is 0.110. The fourth-order valence-electron chi connectivity index (χ4n) is 4.21. The summed E-state index contributed by atoms with van der Waals surface area (Å²) in [7, 11) is -4.08.